The second kappa shape index (κ2) is 9.91. The van der Waals surface area contributed by atoms with Gasteiger partial charge in [-0.1, -0.05) is 35.9 Å². The number of aromatic hydroxyl groups is 1. The van der Waals surface area contributed by atoms with E-state index in [1.165, 1.54) is 17.0 Å². The number of nitrogens with zero attached hydrogens (tertiary/aromatic N) is 2. The van der Waals surface area contributed by atoms with Crippen LogP contribution in [0.4, 0.5) is 5.69 Å². The Kier molecular flexibility index (Phi) is 6.15. The van der Waals surface area contributed by atoms with Crippen LogP contribution in [0.25, 0.3) is 22.2 Å². The maximum Gasteiger partial charge on any atom is 0.339 e. The number of para-hydroxylation sites is 1. The van der Waals surface area contributed by atoms with Crippen LogP contribution in [-0.2, 0) is 14.3 Å². The minimum atomic E-state index is -0.691. The number of phenolic OH excluding ortho intramolecular Hbond substituents is 1. The summed E-state index contributed by atoms with van der Waals surface area (Å²) < 4.78 is 5.40. The van der Waals surface area contributed by atoms with E-state index in [0.29, 0.717) is 39.7 Å². The Labute approximate surface area is 241 Å². The first-order valence-electron chi connectivity index (χ1n) is 14.2. The number of carbonyl (C=O) groups excluding carboxylic acids is 4. The van der Waals surface area contributed by atoms with Gasteiger partial charge in [-0.3, -0.25) is 19.3 Å². The number of anilines is 1. The van der Waals surface area contributed by atoms with Gasteiger partial charge in [0.05, 0.1) is 39.9 Å². The zero-order chi connectivity index (χ0) is 29.1. The molecule has 0 radical (unpaired) electrons. The van der Waals surface area contributed by atoms with Crippen LogP contribution in [0.5, 0.6) is 5.75 Å². The monoisotopic (exact) mass is 560 g/mol. The highest BCUT2D eigenvalue weighted by Crippen LogP contribution is 2.56. The first-order valence-corrected chi connectivity index (χ1v) is 14.2. The van der Waals surface area contributed by atoms with Crippen LogP contribution in [0.1, 0.15) is 45.5 Å². The van der Waals surface area contributed by atoms with Crippen molar-refractivity contribution in [2.24, 2.45) is 23.7 Å². The molecule has 3 aromatic carbocycles. The van der Waals surface area contributed by atoms with Crippen LogP contribution in [0, 0.1) is 30.6 Å². The van der Waals surface area contributed by atoms with Gasteiger partial charge in [0.2, 0.25) is 17.6 Å². The number of benzene rings is 3. The first kappa shape index (κ1) is 26.1. The highest BCUT2D eigenvalue weighted by Gasteiger charge is 2.61. The zero-order valence-electron chi connectivity index (χ0n) is 22.9. The summed E-state index contributed by atoms with van der Waals surface area (Å²) in [6.07, 6.45) is 3.04. The number of amides is 2. The van der Waals surface area contributed by atoms with E-state index < -0.39 is 18.4 Å². The van der Waals surface area contributed by atoms with E-state index in [1.54, 1.807) is 42.5 Å². The molecular formula is C34H28N2O6. The SMILES string of the molecule is Cc1ccc2nc(-c3ccc(N4C(=O)C5C6CCC(C6)C5C4=O)cc3)cc(C(=O)OCC(=O)c3ccccc3O)c2c1. The molecule has 1 saturated heterocycles. The van der Waals surface area contributed by atoms with Crippen molar-refractivity contribution in [3.63, 3.8) is 0 Å². The Morgan fingerprint density at radius 2 is 1.60 bits per heavy atom. The second-order valence-corrected chi connectivity index (χ2v) is 11.5. The quantitative estimate of drug-likeness (QED) is 0.188. The van der Waals surface area contributed by atoms with Crippen LogP contribution < -0.4 is 4.90 Å². The molecule has 2 amide bonds. The van der Waals surface area contributed by atoms with Gasteiger partial charge in [-0.15, -0.1) is 0 Å². The van der Waals surface area contributed by atoms with Crippen molar-refractivity contribution >= 4 is 40.2 Å². The van der Waals surface area contributed by atoms with Crippen molar-refractivity contribution in [2.75, 3.05) is 11.5 Å². The Balaban J connectivity index is 1.17. The molecule has 2 aliphatic carbocycles. The number of aryl methyl sites for hydroxylation is 1. The van der Waals surface area contributed by atoms with E-state index in [0.717, 1.165) is 24.8 Å². The summed E-state index contributed by atoms with van der Waals surface area (Å²) in [6.45, 7) is 1.38. The highest BCUT2D eigenvalue weighted by atomic mass is 16.5. The third kappa shape index (κ3) is 4.17. The van der Waals surface area contributed by atoms with Crippen molar-refractivity contribution < 1.29 is 29.0 Å². The molecular weight excluding hydrogens is 532 g/mol. The van der Waals surface area contributed by atoms with Gasteiger partial charge in [0.25, 0.3) is 0 Å². The number of phenols is 1. The number of ketones is 1. The van der Waals surface area contributed by atoms with E-state index in [2.05, 4.69) is 0 Å². The molecule has 4 aromatic rings. The van der Waals surface area contributed by atoms with Crippen LogP contribution >= 0.6 is 0 Å². The summed E-state index contributed by atoms with van der Waals surface area (Å²) in [6, 6.07) is 20.3. The molecule has 2 heterocycles. The molecule has 7 rings (SSSR count). The minimum Gasteiger partial charge on any atom is -0.507 e. The molecule has 1 aromatic heterocycles. The number of pyridine rings is 1. The number of esters is 1. The molecule has 1 aliphatic heterocycles. The lowest BCUT2D eigenvalue weighted by molar-refractivity contribution is -0.123. The standard InChI is InChI=1S/C34H28N2O6/c1-18-6-13-26-24(14-18)25(34(41)42-17-29(38)23-4-2-3-5-28(23)37)16-27(35-26)19-9-11-22(12-10-19)36-32(39)30-20-7-8-21(15-20)31(30)33(36)40/h2-6,9-14,16,20-21,30-31,37H,7-8,15,17H2,1H3. The number of fused-ring (bicyclic) bond motifs is 6. The lowest BCUT2D eigenvalue weighted by atomic mass is 9.81. The number of hydrogen-bond donors (Lipinski definition) is 1. The summed E-state index contributed by atoms with van der Waals surface area (Å²) in [5, 5.41) is 10.6. The van der Waals surface area contributed by atoms with Gasteiger partial charge in [0.15, 0.2) is 6.61 Å². The number of rotatable bonds is 6. The summed E-state index contributed by atoms with van der Waals surface area (Å²) in [7, 11) is 0. The lowest BCUT2D eigenvalue weighted by Crippen LogP contribution is -2.32. The fraction of sp³-hybridized carbons (Fsp3) is 0.265. The van der Waals surface area contributed by atoms with Crippen LogP contribution in [-0.4, -0.2) is 40.3 Å². The maximum atomic E-state index is 13.3. The average molecular weight is 561 g/mol. The van der Waals surface area contributed by atoms with E-state index in [-0.39, 0.29) is 40.5 Å². The van der Waals surface area contributed by atoms with Gasteiger partial charge < -0.3 is 9.84 Å². The van der Waals surface area contributed by atoms with Crippen molar-refractivity contribution in [3.8, 4) is 17.0 Å². The molecule has 0 spiro atoms. The topological polar surface area (TPSA) is 114 Å². The van der Waals surface area contributed by atoms with Crippen LogP contribution in [0.15, 0.2) is 72.8 Å². The van der Waals surface area contributed by atoms with Crippen molar-refractivity contribution in [2.45, 2.75) is 26.2 Å². The smallest absolute Gasteiger partial charge is 0.339 e. The number of imide groups is 1. The fourth-order valence-electron chi connectivity index (χ4n) is 7.10. The second-order valence-electron chi connectivity index (χ2n) is 11.5. The normalized spacial score (nSPS) is 22.5. The van der Waals surface area contributed by atoms with Gasteiger partial charge >= 0.3 is 5.97 Å². The van der Waals surface area contributed by atoms with E-state index in [4.69, 9.17) is 9.72 Å². The molecule has 2 bridgehead atoms. The number of hydrogen-bond acceptors (Lipinski definition) is 7. The van der Waals surface area contributed by atoms with E-state index in [9.17, 15) is 24.3 Å². The third-order valence-corrected chi connectivity index (χ3v) is 9.07. The van der Waals surface area contributed by atoms with Crippen LogP contribution in [0.2, 0.25) is 0 Å². The number of Topliss-reactive ketones (excluding diaryl/α,β-unsaturated/α-hetero) is 1. The van der Waals surface area contributed by atoms with Crippen molar-refractivity contribution in [1.82, 2.24) is 4.98 Å². The summed E-state index contributed by atoms with van der Waals surface area (Å²) in [4.78, 5) is 58.5. The molecule has 3 aliphatic rings. The van der Waals surface area contributed by atoms with Crippen LogP contribution in [0.3, 0.4) is 0 Å². The molecule has 8 heteroatoms. The predicted molar refractivity (Wildman–Crippen MR) is 155 cm³/mol. The highest BCUT2D eigenvalue weighted by molar-refractivity contribution is 6.22. The number of aromatic nitrogens is 1. The summed E-state index contributed by atoms with van der Waals surface area (Å²) >= 11 is 0. The van der Waals surface area contributed by atoms with Gasteiger partial charge in [0, 0.05) is 10.9 Å². The molecule has 1 N–H and O–H groups in total. The molecule has 2 saturated carbocycles. The molecule has 3 fully saturated rings. The molecule has 4 unspecified atom stereocenters. The third-order valence-electron chi connectivity index (χ3n) is 9.07. The number of carbonyl (C=O) groups is 4. The minimum absolute atomic E-state index is 0.0766. The first-order chi connectivity index (χ1) is 20.3. The van der Waals surface area contributed by atoms with Gasteiger partial charge in [-0.05, 0) is 80.5 Å². The molecule has 4 atom stereocenters. The fourth-order valence-corrected chi connectivity index (χ4v) is 7.10. The Bertz CT molecular complexity index is 1770. The lowest BCUT2D eigenvalue weighted by Gasteiger charge is -2.19. The summed E-state index contributed by atoms with van der Waals surface area (Å²) in [5.74, 6) is -1.31. The van der Waals surface area contributed by atoms with Gasteiger partial charge in [-0.25, -0.2) is 9.78 Å². The summed E-state index contributed by atoms with van der Waals surface area (Å²) in [5.41, 5.74) is 3.58. The largest absolute Gasteiger partial charge is 0.507 e. The van der Waals surface area contributed by atoms with Gasteiger partial charge in [0.1, 0.15) is 5.75 Å². The Morgan fingerprint density at radius 1 is 0.905 bits per heavy atom. The van der Waals surface area contributed by atoms with E-state index in [1.807, 2.05) is 25.1 Å². The Hall–Kier alpha value is -4.85. The van der Waals surface area contributed by atoms with Gasteiger partial charge in [-0.2, -0.15) is 0 Å². The molecule has 42 heavy (non-hydrogen) atoms. The maximum absolute atomic E-state index is 13.3. The average Bonchev–Trinajstić information content (AvgIpc) is 3.69. The molecule has 210 valence electrons. The predicted octanol–water partition coefficient (Wildman–Crippen LogP) is 5.49. The van der Waals surface area contributed by atoms with Crippen molar-refractivity contribution in [3.05, 3.63) is 89.5 Å². The molecule has 8 nitrogen and oxygen atoms in total. The zero-order valence-corrected chi connectivity index (χ0v) is 22.9. The number of ether oxygens (including phenoxy) is 1. The van der Waals surface area contributed by atoms with E-state index >= 15 is 0 Å². The van der Waals surface area contributed by atoms with Crippen molar-refractivity contribution in [1.29, 1.82) is 0 Å². The Morgan fingerprint density at radius 3 is 2.29 bits per heavy atom.